The lowest BCUT2D eigenvalue weighted by atomic mass is 10.0. The van der Waals surface area contributed by atoms with Crippen molar-refractivity contribution in [2.45, 2.75) is 45.3 Å². The van der Waals surface area contributed by atoms with Gasteiger partial charge in [-0.15, -0.1) is 0 Å². The molecule has 8 nitrogen and oxygen atoms in total. The third-order valence-corrected chi connectivity index (χ3v) is 5.84. The normalized spacial score (nSPS) is 21.1. The number of rotatable bonds is 5. The Bertz CT molecular complexity index is 1190. The van der Waals surface area contributed by atoms with E-state index in [0.29, 0.717) is 35.4 Å². The van der Waals surface area contributed by atoms with Crippen LogP contribution in [0.15, 0.2) is 12.1 Å². The number of H-pyrrole nitrogens is 1. The van der Waals surface area contributed by atoms with Gasteiger partial charge in [0.2, 0.25) is 0 Å². The minimum atomic E-state index is -1.12. The number of ether oxygens (including phenoxy) is 1. The maximum absolute atomic E-state index is 14.4. The first-order chi connectivity index (χ1) is 15.7. The van der Waals surface area contributed by atoms with E-state index in [4.69, 9.17) is 4.74 Å². The number of hydrogen-bond donors (Lipinski definition) is 4. The van der Waals surface area contributed by atoms with Crippen molar-refractivity contribution in [1.29, 1.82) is 0 Å². The molecule has 1 saturated heterocycles. The number of amides is 2. The summed E-state index contributed by atoms with van der Waals surface area (Å²) in [4.78, 5) is 39.6. The molecule has 1 aromatic carbocycles. The number of benzene rings is 1. The summed E-state index contributed by atoms with van der Waals surface area (Å²) in [5.41, 5.74) is 1.84. The van der Waals surface area contributed by atoms with Crippen LogP contribution in [0.3, 0.4) is 0 Å². The lowest BCUT2D eigenvalue weighted by Gasteiger charge is -2.25. The Hall–Kier alpha value is -3.53. The molecule has 33 heavy (non-hydrogen) atoms. The van der Waals surface area contributed by atoms with Gasteiger partial charge >= 0.3 is 5.97 Å². The average molecular weight is 459 g/mol. The van der Waals surface area contributed by atoms with Crippen molar-refractivity contribution in [1.82, 2.24) is 10.3 Å². The molecule has 174 valence electrons. The van der Waals surface area contributed by atoms with Crippen molar-refractivity contribution in [3.05, 3.63) is 51.8 Å². The molecule has 0 radical (unpaired) electrons. The van der Waals surface area contributed by atoms with Crippen LogP contribution in [0.5, 0.6) is 0 Å². The molecular formula is C23H23F2N3O5. The van der Waals surface area contributed by atoms with E-state index in [0.717, 1.165) is 6.07 Å². The largest absolute Gasteiger partial charge is 0.462 e. The Balaban J connectivity index is 1.51. The fourth-order valence-electron chi connectivity index (χ4n) is 4.24. The summed E-state index contributed by atoms with van der Waals surface area (Å²) in [5.74, 6) is -3.59. The van der Waals surface area contributed by atoms with E-state index in [1.165, 1.54) is 12.1 Å². The third-order valence-electron chi connectivity index (χ3n) is 5.84. The fourth-order valence-corrected chi connectivity index (χ4v) is 4.24. The predicted octanol–water partition coefficient (Wildman–Crippen LogP) is 2.59. The second-order valence-corrected chi connectivity index (χ2v) is 8.21. The zero-order valence-electron chi connectivity index (χ0n) is 18.1. The zero-order chi connectivity index (χ0) is 23.9. The molecule has 0 bridgehead atoms. The average Bonchev–Trinajstić information content (AvgIpc) is 3.20. The molecular weight excluding hydrogens is 436 g/mol. The standard InChI is InChI=1S/C23H23F2N3O5/c1-10-17(9-14-20-16(28-22(14)31)4-3-15(24)21(20)25)27-11(2)19(10)23(32)26-6-5-13-7-12(29)8-18(30)33-13/h3-4,9,12-13,27,29H,5-8H2,1-2H3,(H,26,32)(H,28,31)/b14-9-. The fraction of sp³-hybridized carbons (Fsp3) is 0.348. The van der Waals surface area contributed by atoms with E-state index in [1.54, 1.807) is 13.8 Å². The minimum Gasteiger partial charge on any atom is -0.462 e. The minimum absolute atomic E-state index is 0.0259. The van der Waals surface area contributed by atoms with Crippen molar-refractivity contribution in [2.75, 3.05) is 11.9 Å². The molecule has 0 saturated carbocycles. The predicted molar refractivity (Wildman–Crippen MR) is 115 cm³/mol. The summed E-state index contributed by atoms with van der Waals surface area (Å²) in [6.07, 6.45) is 0.838. The van der Waals surface area contributed by atoms with Gasteiger partial charge in [-0.1, -0.05) is 0 Å². The van der Waals surface area contributed by atoms with E-state index >= 15 is 0 Å². The first-order valence-corrected chi connectivity index (χ1v) is 10.5. The van der Waals surface area contributed by atoms with Crippen molar-refractivity contribution in [3.8, 4) is 0 Å². The summed E-state index contributed by atoms with van der Waals surface area (Å²) < 4.78 is 33.2. The van der Waals surface area contributed by atoms with Crippen LogP contribution < -0.4 is 10.6 Å². The van der Waals surface area contributed by atoms with Crippen LogP contribution >= 0.6 is 0 Å². The van der Waals surface area contributed by atoms with E-state index < -0.39 is 35.7 Å². The van der Waals surface area contributed by atoms with Gasteiger partial charge in [-0.2, -0.15) is 0 Å². The summed E-state index contributed by atoms with van der Waals surface area (Å²) in [5, 5.41) is 14.9. The number of nitrogens with one attached hydrogen (secondary N) is 3. The highest BCUT2D eigenvalue weighted by Gasteiger charge is 2.30. The second-order valence-electron chi connectivity index (χ2n) is 8.21. The molecule has 0 spiro atoms. The number of anilines is 1. The molecule has 2 atom stereocenters. The number of hydrogen-bond acceptors (Lipinski definition) is 5. The molecule has 3 heterocycles. The number of cyclic esters (lactones) is 1. The highest BCUT2D eigenvalue weighted by molar-refractivity contribution is 6.35. The van der Waals surface area contributed by atoms with Crippen molar-refractivity contribution in [2.24, 2.45) is 0 Å². The molecule has 0 aliphatic carbocycles. The second kappa shape index (κ2) is 8.78. The molecule has 1 aromatic heterocycles. The topological polar surface area (TPSA) is 121 Å². The SMILES string of the molecule is Cc1[nH]c(/C=C2\C(=O)Nc3ccc(F)c(F)c32)c(C)c1C(=O)NCCC1CC(O)CC(=O)O1. The van der Waals surface area contributed by atoms with Crippen LogP contribution in [-0.4, -0.2) is 46.6 Å². The van der Waals surface area contributed by atoms with Gasteiger partial charge < -0.3 is 25.5 Å². The van der Waals surface area contributed by atoms with Crippen molar-refractivity contribution in [3.63, 3.8) is 0 Å². The molecule has 4 rings (SSSR count). The Labute approximate surface area is 188 Å². The zero-order valence-corrected chi connectivity index (χ0v) is 18.1. The van der Waals surface area contributed by atoms with Gasteiger partial charge in [0.05, 0.1) is 29.3 Å². The molecule has 10 heteroatoms. The Morgan fingerprint density at radius 1 is 1.30 bits per heavy atom. The molecule has 2 aliphatic heterocycles. The van der Waals surface area contributed by atoms with Gasteiger partial charge in [0.15, 0.2) is 11.6 Å². The first-order valence-electron chi connectivity index (χ1n) is 10.5. The molecule has 2 amide bonds. The number of aliphatic hydroxyl groups is 1. The van der Waals surface area contributed by atoms with Gasteiger partial charge in [0, 0.05) is 36.3 Å². The highest BCUT2D eigenvalue weighted by Crippen LogP contribution is 2.36. The van der Waals surface area contributed by atoms with Crippen LogP contribution in [0, 0.1) is 25.5 Å². The number of fused-ring (bicyclic) bond motifs is 1. The van der Waals surface area contributed by atoms with Crippen LogP contribution in [0.1, 0.15) is 52.1 Å². The number of halogens is 2. The van der Waals surface area contributed by atoms with Gasteiger partial charge in [-0.3, -0.25) is 14.4 Å². The van der Waals surface area contributed by atoms with Crippen LogP contribution in [0.2, 0.25) is 0 Å². The Morgan fingerprint density at radius 3 is 2.79 bits per heavy atom. The van der Waals surface area contributed by atoms with E-state index in [-0.39, 0.29) is 35.7 Å². The monoisotopic (exact) mass is 459 g/mol. The quantitative estimate of drug-likeness (QED) is 0.405. The Morgan fingerprint density at radius 2 is 2.06 bits per heavy atom. The molecule has 4 N–H and O–H groups in total. The first kappa shape index (κ1) is 22.7. The van der Waals surface area contributed by atoms with Gasteiger partial charge in [-0.25, -0.2) is 8.78 Å². The van der Waals surface area contributed by atoms with Gasteiger partial charge in [-0.05, 0) is 37.6 Å². The van der Waals surface area contributed by atoms with E-state index in [1.807, 2.05) is 0 Å². The van der Waals surface area contributed by atoms with Crippen molar-refractivity contribution >= 4 is 35.1 Å². The maximum atomic E-state index is 14.4. The smallest absolute Gasteiger partial charge is 0.308 e. The van der Waals surface area contributed by atoms with Gasteiger partial charge in [0.1, 0.15) is 6.10 Å². The lowest BCUT2D eigenvalue weighted by Crippen LogP contribution is -2.35. The number of carbonyl (C=O) groups excluding carboxylic acids is 3. The molecule has 2 aromatic rings. The van der Waals surface area contributed by atoms with Crippen molar-refractivity contribution < 1.29 is 33.0 Å². The number of carbonyl (C=O) groups is 3. The number of esters is 1. The maximum Gasteiger partial charge on any atom is 0.308 e. The number of aliphatic hydroxyl groups excluding tert-OH is 1. The summed E-state index contributed by atoms with van der Waals surface area (Å²) in [6.45, 7) is 3.59. The lowest BCUT2D eigenvalue weighted by molar-refractivity contribution is -0.160. The van der Waals surface area contributed by atoms with E-state index in [9.17, 15) is 28.3 Å². The Kier molecular flexibility index (Phi) is 6.03. The summed E-state index contributed by atoms with van der Waals surface area (Å²) in [6, 6.07) is 2.24. The van der Waals surface area contributed by atoms with E-state index in [2.05, 4.69) is 15.6 Å². The highest BCUT2D eigenvalue weighted by atomic mass is 19.2. The number of aryl methyl sites for hydroxylation is 1. The number of aromatic nitrogens is 1. The molecule has 1 fully saturated rings. The molecule has 2 aliphatic rings. The summed E-state index contributed by atoms with van der Waals surface area (Å²) >= 11 is 0. The van der Waals surface area contributed by atoms with Crippen LogP contribution in [0.25, 0.3) is 11.6 Å². The van der Waals surface area contributed by atoms with Gasteiger partial charge in [0.25, 0.3) is 11.8 Å². The third kappa shape index (κ3) is 4.38. The number of aromatic amines is 1. The summed E-state index contributed by atoms with van der Waals surface area (Å²) in [7, 11) is 0. The van der Waals surface area contributed by atoms with Crippen LogP contribution in [-0.2, 0) is 14.3 Å². The molecule has 2 unspecified atom stereocenters. The van der Waals surface area contributed by atoms with Crippen LogP contribution in [0.4, 0.5) is 14.5 Å².